The lowest BCUT2D eigenvalue weighted by Crippen LogP contribution is -2.12. The Kier molecular flexibility index (Phi) is 4.78. The maximum Gasteiger partial charge on any atom is 0.229 e. The number of phenolic OH excluding ortho intramolecular Hbond substituents is 1. The quantitative estimate of drug-likeness (QED) is 0.692. The molecule has 0 heterocycles. The molecule has 3 aromatic rings. The molecule has 0 radical (unpaired) electrons. The number of benzene rings is 3. The zero-order valence-electron chi connectivity index (χ0n) is 16.0. The number of aryl methyl sites for hydroxylation is 1. The van der Waals surface area contributed by atoms with Crippen molar-refractivity contribution in [1.82, 2.24) is 0 Å². The van der Waals surface area contributed by atoms with Gasteiger partial charge in [-0.2, -0.15) is 0 Å². The predicted octanol–water partition coefficient (Wildman–Crippen LogP) is 4.52. The first-order valence-corrected chi connectivity index (χ1v) is 10.4. The lowest BCUT2D eigenvalue weighted by atomic mass is 9.90. The van der Waals surface area contributed by atoms with Gasteiger partial charge in [0.2, 0.25) is 10.0 Å². The van der Waals surface area contributed by atoms with Crippen molar-refractivity contribution in [2.75, 3.05) is 18.1 Å². The molecular formula is C21H23NO4S. The summed E-state index contributed by atoms with van der Waals surface area (Å²) in [4.78, 5) is 0. The van der Waals surface area contributed by atoms with Gasteiger partial charge in [-0.25, -0.2) is 8.42 Å². The number of ether oxygens (including phenoxy) is 1. The third kappa shape index (κ3) is 3.57. The van der Waals surface area contributed by atoms with E-state index in [4.69, 9.17) is 4.74 Å². The van der Waals surface area contributed by atoms with Gasteiger partial charge in [0.05, 0.1) is 19.1 Å². The fraction of sp³-hybridized carbons (Fsp3) is 0.238. The summed E-state index contributed by atoms with van der Waals surface area (Å²) in [6, 6.07) is 11.1. The van der Waals surface area contributed by atoms with E-state index in [0.29, 0.717) is 22.6 Å². The molecule has 3 rings (SSSR count). The van der Waals surface area contributed by atoms with E-state index in [-0.39, 0.29) is 5.75 Å². The van der Waals surface area contributed by atoms with Gasteiger partial charge in [0.1, 0.15) is 11.5 Å². The maximum atomic E-state index is 12.0. The molecule has 0 unspecified atom stereocenters. The molecule has 0 saturated heterocycles. The number of nitrogens with one attached hydrogen (secondary N) is 1. The van der Waals surface area contributed by atoms with Crippen LogP contribution in [0.5, 0.6) is 11.5 Å². The summed E-state index contributed by atoms with van der Waals surface area (Å²) in [5, 5.41) is 12.5. The molecule has 0 bridgehead atoms. The van der Waals surface area contributed by atoms with Crippen LogP contribution in [0.3, 0.4) is 0 Å². The number of hydrogen-bond donors (Lipinski definition) is 2. The molecule has 3 aromatic carbocycles. The van der Waals surface area contributed by atoms with Gasteiger partial charge in [0, 0.05) is 17.2 Å². The van der Waals surface area contributed by atoms with Crippen molar-refractivity contribution in [2.24, 2.45) is 0 Å². The molecule has 0 spiro atoms. The first kappa shape index (κ1) is 19.0. The topological polar surface area (TPSA) is 75.6 Å². The number of phenols is 1. The Labute approximate surface area is 159 Å². The highest BCUT2D eigenvalue weighted by Crippen LogP contribution is 2.45. The van der Waals surface area contributed by atoms with Crippen LogP contribution < -0.4 is 9.46 Å². The van der Waals surface area contributed by atoms with Crippen LogP contribution in [0.25, 0.3) is 21.9 Å². The first-order chi connectivity index (χ1) is 12.6. The molecule has 0 aromatic heterocycles. The van der Waals surface area contributed by atoms with Crippen molar-refractivity contribution in [3.8, 4) is 22.6 Å². The molecule has 0 fully saturated rings. The molecule has 0 aliphatic carbocycles. The Balaban J connectivity index is 2.45. The van der Waals surface area contributed by atoms with E-state index in [1.54, 1.807) is 19.2 Å². The average molecular weight is 385 g/mol. The van der Waals surface area contributed by atoms with Crippen LogP contribution in [-0.4, -0.2) is 26.9 Å². The summed E-state index contributed by atoms with van der Waals surface area (Å²) < 4.78 is 31.9. The number of methoxy groups -OCH3 is 1. The van der Waals surface area contributed by atoms with Crippen molar-refractivity contribution < 1.29 is 18.3 Å². The minimum atomic E-state index is -3.52. The summed E-state index contributed by atoms with van der Waals surface area (Å²) in [5.74, 6) is 0.675. The van der Waals surface area contributed by atoms with Crippen LogP contribution in [0, 0.1) is 20.8 Å². The van der Waals surface area contributed by atoms with Crippen molar-refractivity contribution in [3.63, 3.8) is 0 Å². The number of sulfonamides is 1. The second-order valence-electron chi connectivity index (χ2n) is 6.81. The molecule has 0 aliphatic heterocycles. The first-order valence-electron chi connectivity index (χ1n) is 8.51. The molecule has 142 valence electrons. The van der Waals surface area contributed by atoms with E-state index in [1.807, 2.05) is 45.0 Å². The Morgan fingerprint density at radius 2 is 1.67 bits per heavy atom. The standard InChI is InChI=1S/C21H23NO4S/c1-12-6-8-16-15(10-12)7-9-18(23)21(16)20-14(3)13(2)19(26-4)11-17(20)22-27(5,24)25/h6-11,22-23H,1-5H3. The van der Waals surface area contributed by atoms with E-state index in [2.05, 4.69) is 4.72 Å². The average Bonchev–Trinajstić information content (AvgIpc) is 2.58. The van der Waals surface area contributed by atoms with E-state index in [9.17, 15) is 13.5 Å². The van der Waals surface area contributed by atoms with E-state index in [0.717, 1.165) is 33.7 Å². The van der Waals surface area contributed by atoms with Crippen LogP contribution >= 0.6 is 0 Å². The second-order valence-corrected chi connectivity index (χ2v) is 8.56. The van der Waals surface area contributed by atoms with Crippen LogP contribution in [0.2, 0.25) is 0 Å². The Bertz CT molecular complexity index is 1150. The molecule has 2 N–H and O–H groups in total. The fourth-order valence-corrected chi connectivity index (χ4v) is 3.96. The Morgan fingerprint density at radius 3 is 2.30 bits per heavy atom. The van der Waals surface area contributed by atoms with Crippen LogP contribution in [0.15, 0.2) is 36.4 Å². The number of hydrogen-bond acceptors (Lipinski definition) is 4. The van der Waals surface area contributed by atoms with Gasteiger partial charge in [0.15, 0.2) is 0 Å². The largest absolute Gasteiger partial charge is 0.507 e. The third-order valence-corrected chi connectivity index (χ3v) is 5.36. The number of aromatic hydroxyl groups is 1. The second kappa shape index (κ2) is 6.78. The van der Waals surface area contributed by atoms with Gasteiger partial charge >= 0.3 is 0 Å². The van der Waals surface area contributed by atoms with Crippen molar-refractivity contribution in [2.45, 2.75) is 20.8 Å². The zero-order chi connectivity index (χ0) is 19.9. The molecular weight excluding hydrogens is 362 g/mol. The van der Waals surface area contributed by atoms with Crippen molar-refractivity contribution in [3.05, 3.63) is 53.1 Å². The summed E-state index contributed by atoms with van der Waals surface area (Å²) in [6.45, 7) is 5.81. The normalized spacial score (nSPS) is 11.6. The minimum Gasteiger partial charge on any atom is -0.507 e. The van der Waals surface area contributed by atoms with Crippen molar-refractivity contribution >= 4 is 26.5 Å². The monoisotopic (exact) mass is 385 g/mol. The van der Waals surface area contributed by atoms with Crippen LogP contribution in [0.4, 0.5) is 5.69 Å². The van der Waals surface area contributed by atoms with E-state index < -0.39 is 10.0 Å². The highest BCUT2D eigenvalue weighted by molar-refractivity contribution is 7.92. The van der Waals surface area contributed by atoms with Gasteiger partial charge in [-0.3, -0.25) is 4.72 Å². The van der Waals surface area contributed by atoms with E-state index in [1.165, 1.54) is 0 Å². The number of rotatable bonds is 4. The molecule has 6 heteroatoms. The summed E-state index contributed by atoms with van der Waals surface area (Å²) >= 11 is 0. The Morgan fingerprint density at radius 1 is 0.963 bits per heavy atom. The molecule has 0 amide bonds. The highest BCUT2D eigenvalue weighted by Gasteiger charge is 2.21. The van der Waals surface area contributed by atoms with E-state index >= 15 is 0 Å². The van der Waals surface area contributed by atoms with Gasteiger partial charge in [-0.05, 0) is 48.7 Å². The number of fused-ring (bicyclic) bond motifs is 1. The lowest BCUT2D eigenvalue weighted by Gasteiger charge is -2.20. The molecule has 0 aliphatic rings. The fourth-order valence-electron chi connectivity index (χ4n) is 3.40. The zero-order valence-corrected chi connectivity index (χ0v) is 16.9. The van der Waals surface area contributed by atoms with Crippen LogP contribution in [-0.2, 0) is 10.0 Å². The highest BCUT2D eigenvalue weighted by atomic mass is 32.2. The maximum absolute atomic E-state index is 12.0. The minimum absolute atomic E-state index is 0.0931. The molecule has 0 atom stereocenters. The predicted molar refractivity (Wildman–Crippen MR) is 110 cm³/mol. The van der Waals surface area contributed by atoms with Gasteiger partial charge in [-0.1, -0.05) is 29.8 Å². The molecule has 27 heavy (non-hydrogen) atoms. The number of anilines is 1. The van der Waals surface area contributed by atoms with Gasteiger partial charge in [0.25, 0.3) is 0 Å². The molecule has 0 saturated carbocycles. The summed E-state index contributed by atoms with van der Waals surface area (Å²) in [6.07, 6.45) is 1.10. The lowest BCUT2D eigenvalue weighted by molar-refractivity contribution is 0.411. The SMILES string of the molecule is COc1cc(NS(C)(=O)=O)c(-c2c(O)ccc3cc(C)ccc23)c(C)c1C. The van der Waals surface area contributed by atoms with Gasteiger partial charge in [-0.15, -0.1) is 0 Å². The van der Waals surface area contributed by atoms with Crippen molar-refractivity contribution in [1.29, 1.82) is 0 Å². The Hall–Kier alpha value is -2.73. The van der Waals surface area contributed by atoms with Crippen LogP contribution in [0.1, 0.15) is 16.7 Å². The third-order valence-electron chi connectivity index (χ3n) is 4.77. The molecule has 5 nitrogen and oxygen atoms in total. The summed E-state index contributed by atoms with van der Waals surface area (Å²) in [5.41, 5.74) is 4.45. The summed E-state index contributed by atoms with van der Waals surface area (Å²) in [7, 11) is -1.98. The van der Waals surface area contributed by atoms with Gasteiger partial charge < -0.3 is 9.84 Å². The smallest absolute Gasteiger partial charge is 0.229 e.